The molecule has 8 heteroatoms. The predicted molar refractivity (Wildman–Crippen MR) is 139 cm³/mol. The van der Waals surface area contributed by atoms with Gasteiger partial charge in [-0.15, -0.1) is 13.2 Å². The highest BCUT2D eigenvalue weighted by atomic mass is 16.5. The van der Waals surface area contributed by atoms with Crippen LogP contribution in [0.3, 0.4) is 0 Å². The number of amides is 3. The van der Waals surface area contributed by atoms with E-state index in [1.54, 1.807) is 33.9 Å². The highest BCUT2D eigenvalue weighted by molar-refractivity contribution is 5.99. The Bertz CT molecular complexity index is 888. The standard InChI is InChI=1S/C28H45N3O5/c1-9-14-29(8)24(33)21-22-25(34)31(20(17-32)16-18(4)5)23(26(35)30(15-10-2)19(6)7)28(22)13-12-27(21,11-3)36-28/h9-10,18-23,32H,1-2,11-17H2,3-8H3/t20-,21+,22+,23?,27-,28?/m1/s1. The van der Waals surface area contributed by atoms with Crippen LogP contribution in [0.5, 0.6) is 0 Å². The van der Waals surface area contributed by atoms with Crippen LogP contribution in [0.25, 0.3) is 0 Å². The van der Waals surface area contributed by atoms with Gasteiger partial charge in [0.25, 0.3) is 0 Å². The quantitative estimate of drug-likeness (QED) is 0.414. The van der Waals surface area contributed by atoms with Crippen molar-refractivity contribution in [2.24, 2.45) is 17.8 Å². The first-order valence-electron chi connectivity index (χ1n) is 13.4. The van der Waals surface area contributed by atoms with Crippen LogP contribution in [-0.2, 0) is 19.1 Å². The van der Waals surface area contributed by atoms with Crippen molar-refractivity contribution in [2.45, 2.75) is 89.6 Å². The normalized spacial score (nSPS) is 31.6. The van der Waals surface area contributed by atoms with Gasteiger partial charge < -0.3 is 24.5 Å². The molecular weight excluding hydrogens is 458 g/mol. The first-order valence-corrected chi connectivity index (χ1v) is 13.4. The van der Waals surface area contributed by atoms with Crippen molar-refractivity contribution in [3.05, 3.63) is 25.3 Å². The minimum atomic E-state index is -1.10. The molecule has 0 aromatic rings. The highest BCUT2D eigenvalue weighted by Gasteiger charge is 2.79. The molecule has 0 aliphatic carbocycles. The van der Waals surface area contributed by atoms with Gasteiger partial charge in [0, 0.05) is 26.2 Å². The summed E-state index contributed by atoms with van der Waals surface area (Å²) in [6.45, 7) is 17.9. The Morgan fingerprint density at radius 3 is 2.31 bits per heavy atom. The summed E-state index contributed by atoms with van der Waals surface area (Å²) in [5.74, 6) is -1.86. The van der Waals surface area contributed by atoms with Crippen molar-refractivity contribution in [1.82, 2.24) is 14.7 Å². The fourth-order valence-corrected chi connectivity index (χ4v) is 6.90. The number of hydrogen-bond acceptors (Lipinski definition) is 5. The molecule has 3 heterocycles. The Balaban J connectivity index is 2.19. The number of likely N-dealkylation sites (N-methyl/N-ethyl adjacent to an activating group) is 1. The van der Waals surface area contributed by atoms with Gasteiger partial charge in [0.05, 0.1) is 30.1 Å². The molecule has 0 aromatic heterocycles. The van der Waals surface area contributed by atoms with Crippen LogP contribution in [0.1, 0.15) is 60.3 Å². The van der Waals surface area contributed by atoms with E-state index in [1.165, 1.54) is 0 Å². The zero-order valence-corrected chi connectivity index (χ0v) is 22.9. The number of aliphatic hydroxyl groups is 1. The fourth-order valence-electron chi connectivity index (χ4n) is 6.90. The minimum absolute atomic E-state index is 0.115. The van der Waals surface area contributed by atoms with E-state index in [-0.39, 0.29) is 36.3 Å². The molecule has 0 radical (unpaired) electrons. The lowest BCUT2D eigenvalue weighted by molar-refractivity contribution is -0.158. The summed E-state index contributed by atoms with van der Waals surface area (Å²) in [5.41, 5.74) is -1.89. The Kier molecular flexibility index (Phi) is 8.40. The molecular formula is C28H45N3O5. The van der Waals surface area contributed by atoms with Gasteiger partial charge in [0.15, 0.2) is 0 Å². The maximum Gasteiger partial charge on any atom is 0.248 e. The third kappa shape index (κ3) is 4.30. The van der Waals surface area contributed by atoms with Crippen LogP contribution < -0.4 is 0 Å². The first kappa shape index (κ1) is 28.4. The van der Waals surface area contributed by atoms with Gasteiger partial charge in [-0.1, -0.05) is 32.9 Å². The molecule has 3 fully saturated rings. The van der Waals surface area contributed by atoms with Gasteiger partial charge in [-0.3, -0.25) is 14.4 Å². The second-order valence-electron chi connectivity index (χ2n) is 11.4. The predicted octanol–water partition coefficient (Wildman–Crippen LogP) is 2.62. The van der Waals surface area contributed by atoms with Crippen molar-refractivity contribution in [3.63, 3.8) is 0 Å². The number of ether oxygens (including phenoxy) is 1. The summed E-state index contributed by atoms with van der Waals surface area (Å²) in [7, 11) is 1.71. The summed E-state index contributed by atoms with van der Waals surface area (Å²) in [6, 6.07) is -1.55. The van der Waals surface area contributed by atoms with E-state index in [4.69, 9.17) is 4.74 Å². The van der Waals surface area contributed by atoms with Crippen molar-refractivity contribution in [3.8, 4) is 0 Å². The van der Waals surface area contributed by atoms with Crippen molar-refractivity contribution >= 4 is 17.7 Å². The van der Waals surface area contributed by atoms with Crippen molar-refractivity contribution < 1.29 is 24.2 Å². The largest absolute Gasteiger partial charge is 0.394 e. The summed E-state index contributed by atoms with van der Waals surface area (Å²) in [4.78, 5) is 47.3. The molecule has 1 spiro atoms. The van der Waals surface area contributed by atoms with E-state index in [9.17, 15) is 19.5 Å². The minimum Gasteiger partial charge on any atom is -0.394 e. The van der Waals surface area contributed by atoms with Crippen LogP contribution >= 0.6 is 0 Å². The first-order chi connectivity index (χ1) is 17.0. The zero-order valence-electron chi connectivity index (χ0n) is 22.9. The number of fused-ring (bicyclic) bond motifs is 1. The monoisotopic (exact) mass is 503 g/mol. The Morgan fingerprint density at radius 2 is 1.81 bits per heavy atom. The van der Waals surface area contributed by atoms with Gasteiger partial charge in [0.1, 0.15) is 11.6 Å². The van der Waals surface area contributed by atoms with Crippen LogP contribution in [0, 0.1) is 17.8 Å². The number of nitrogens with zero attached hydrogens (tertiary/aromatic N) is 3. The van der Waals surface area contributed by atoms with Gasteiger partial charge in [-0.2, -0.15) is 0 Å². The molecule has 2 bridgehead atoms. The number of hydrogen-bond donors (Lipinski definition) is 1. The van der Waals surface area contributed by atoms with Crippen molar-refractivity contribution in [2.75, 3.05) is 26.7 Å². The highest BCUT2D eigenvalue weighted by Crippen LogP contribution is 2.65. The molecule has 3 rings (SSSR count). The molecule has 3 saturated heterocycles. The summed E-state index contributed by atoms with van der Waals surface area (Å²) in [6.07, 6.45) is 5.61. The number of rotatable bonds is 12. The second kappa shape index (κ2) is 10.7. The molecule has 2 unspecified atom stereocenters. The Hall–Kier alpha value is -2.19. The van der Waals surface area contributed by atoms with E-state index in [0.717, 1.165) is 0 Å². The third-order valence-electron chi connectivity index (χ3n) is 8.48. The molecule has 8 nitrogen and oxygen atoms in total. The van der Waals surface area contributed by atoms with E-state index < -0.39 is 35.1 Å². The SMILES string of the molecule is C=CCN(C)C(=O)[C@@H]1[C@H]2C(=O)N([C@@H](CO)CC(C)C)C(C(=O)N(CC=C)C(C)C)C23CC[C@@]1(CC)O3. The molecule has 3 amide bonds. The topological polar surface area (TPSA) is 90.4 Å². The third-order valence-corrected chi connectivity index (χ3v) is 8.48. The van der Waals surface area contributed by atoms with E-state index in [1.807, 2.05) is 34.6 Å². The van der Waals surface area contributed by atoms with Crippen LogP contribution in [-0.4, -0.2) is 93.6 Å². The smallest absolute Gasteiger partial charge is 0.248 e. The average molecular weight is 504 g/mol. The lowest BCUT2D eigenvalue weighted by Crippen LogP contribution is -2.60. The average Bonchev–Trinajstić information content (AvgIpc) is 3.43. The molecule has 0 aromatic carbocycles. The van der Waals surface area contributed by atoms with Crippen LogP contribution in [0.15, 0.2) is 25.3 Å². The molecule has 202 valence electrons. The van der Waals surface area contributed by atoms with Gasteiger partial charge in [-0.25, -0.2) is 0 Å². The van der Waals surface area contributed by atoms with E-state index in [0.29, 0.717) is 38.8 Å². The maximum atomic E-state index is 14.3. The Labute approximate surface area is 216 Å². The van der Waals surface area contributed by atoms with Crippen molar-refractivity contribution in [1.29, 1.82) is 0 Å². The molecule has 36 heavy (non-hydrogen) atoms. The van der Waals surface area contributed by atoms with Gasteiger partial charge in [0.2, 0.25) is 17.7 Å². The second-order valence-corrected chi connectivity index (χ2v) is 11.4. The maximum absolute atomic E-state index is 14.3. The van der Waals surface area contributed by atoms with Gasteiger partial charge >= 0.3 is 0 Å². The number of carbonyl (C=O) groups is 3. The molecule has 6 atom stereocenters. The number of likely N-dealkylation sites (tertiary alicyclic amines) is 1. The fraction of sp³-hybridized carbons (Fsp3) is 0.750. The summed E-state index contributed by atoms with van der Waals surface area (Å²) >= 11 is 0. The van der Waals surface area contributed by atoms with Crippen LogP contribution in [0.4, 0.5) is 0 Å². The molecule has 0 saturated carbocycles. The van der Waals surface area contributed by atoms with E-state index in [2.05, 4.69) is 13.2 Å². The summed E-state index contributed by atoms with van der Waals surface area (Å²) < 4.78 is 6.83. The molecule has 1 N–H and O–H groups in total. The number of carbonyl (C=O) groups excluding carboxylic acids is 3. The van der Waals surface area contributed by atoms with Gasteiger partial charge in [-0.05, 0) is 45.4 Å². The molecule has 3 aliphatic rings. The Morgan fingerprint density at radius 1 is 1.17 bits per heavy atom. The zero-order chi connectivity index (χ0) is 27.0. The lowest BCUT2D eigenvalue weighted by atomic mass is 9.64. The number of aliphatic hydroxyl groups excluding tert-OH is 1. The summed E-state index contributed by atoms with van der Waals surface area (Å²) in [5, 5.41) is 10.4. The van der Waals surface area contributed by atoms with E-state index >= 15 is 0 Å². The van der Waals surface area contributed by atoms with Crippen LogP contribution in [0.2, 0.25) is 0 Å². The lowest BCUT2D eigenvalue weighted by Gasteiger charge is -2.41. The molecule has 3 aliphatic heterocycles.